The second-order valence-electron chi connectivity index (χ2n) is 5.67. The smallest absolute Gasteiger partial charge is 0.0406 e. The maximum Gasteiger partial charge on any atom is 0.0406 e. The summed E-state index contributed by atoms with van der Waals surface area (Å²) in [5, 5.41) is 4.49. The number of fused-ring (bicyclic) bond motifs is 1. The molecule has 20 heavy (non-hydrogen) atoms. The molecule has 0 heterocycles. The molecule has 0 fully saturated rings. The topological polar surface area (TPSA) is 12.0 Å². The van der Waals surface area contributed by atoms with Crippen molar-refractivity contribution < 1.29 is 0 Å². The van der Waals surface area contributed by atoms with Crippen LogP contribution in [0.5, 0.6) is 0 Å². The number of halogens is 1. The number of hydrogen-bond acceptors (Lipinski definition) is 1. The Morgan fingerprint density at radius 3 is 2.45 bits per heavy atom. The van der Waals surface area contributed by atoms with Gasteiger partial charge in [-0.3, -0.25) is 0 Å². The molecule has 0 aromatic heterocycles. The molecule has 2 aromatic carbocycles. The molecule has 2 atom stereocenters. The average Bonchev–Trinajstić information content (AvgIpc) is 2.49. The van der Waals surface area contributed by atoms with Gasteiger partial charge in [-0.1, -0.05) is 54.9 Å². The van der Waals surface area contributed by atoms with E-state index >= 15 is 0 Å². The molecule has 2 aromatic rings. The largest absolute Gasteiger partial charge is 0.306 e. The standard InChI is InChI=1S/C18H20ClN/c1-13-6-11-18(17-5-3-2-4-16(13)17)20-12-14-7-9-15(19)10-8-14/h2-5,7-10,13,18,20H,6,11-12H2,1H3. The zero-order valence-corrected chi connectivity index (χ0v) is 12.5. The van der Waals surface area contributed by atoms with E-state index < -0.39 is 0 Å². The monoisotopic (exact) mass is 285 g/mol. The van der Waals surface area contributed by atoms with Crippen LogP contribution in [0.25, 0.3) is 0 Å². The van der Waals surface area contributed by atoms with E-state index in [1.165, 1.54) is 29.5 Å². The molecule has 104 valence electrons. The van der Waals surface area contributed by atoms with E-state index in [1.807, 2.05) is 12.1 Å². The van der Waals surface area contributed by atoms with Crippen LogP contribution in [0.4, 0.5) is 0 Å². The molecule has 3 rings (SSSR count). The lowest BCUT2D eigenvalue weighted by Gasteiger charge is -2.30. The Morgan fingerprint density at radius 2 is 1.70 bits per heavy atom. The maximum atomic E-state index is 5.92. The highest BCUT2D eigenvalue weighted by molar-refractivity contribution is 6.30. The second-order valence-corrected chi connectivity index (χ2v) is 6.10. The Labute approximate surface area is 126 Å². The van der Waals surface area contributed by atoms with E-state index in [2.05, 4.69) is 48.6 Å². The first kappa shape index (κ1) is 13.7. The lowest BCUT2D eigenvalue weighted by molar-refractivity contribution is 0.431. The van der Waals surface area contributed by atoms with Gasteiger partial charge in [-0.25, -0.2) is 0 Å². The van der Waals surface area contributed by atoms with Crippen molar-refractivity contribution in [2.24, 2.45) is 0 Å². The first-order valence-electron chi connectivity index (χ1n) is 7.30. The van der Waals surface area contributed by atoms with Crippen LogP contribution in [-0.4, -0.2) is 0 Å². The van der Waals surface area contributed by atoms with Gasteiger partial charge in [-0.2, -0.15) is 0 Å². The van der Waals surface area contributed by atoms with Gasteiger partial charge in [0, 0.05) is 17.6 Å². The fourth-order valence-corrected chi connectivity index (χ4v) is 3.19. The highest BCUT2D eigenvalue weighted by atomic mass is 35.5. The van der Waals surface area contributed by atoms with Gasteiger partial charge in [-0.05, 0) is 47.6 Å². The van der Waals surface area contributed by atoms with Crippen LogP contribution in [0.3, 0.4) is 0 Å². The lowest BCUT2D eigenvalue weighted by atomic mass is 9.81. The van der Waals surface area contributed by atoms with Crippen molar-refractivity contribution in [3.8, 4) is 0 Å². The SMILES string of the molecule is CC1CCC(NCc2ccc(Cl)cc2)c2ccccc21. The van der Waals surface area contributed by atoms with Crippen LogP contribution in [0.15, 0.2) is 48.5 Å². The number of hydrogen-bond donors (Lipinski definition) is 1. The second kappa shape index (κ2) is 5.99. The van der Waals surface area contributed by atoms with Gasteiger partial charge in [0.2, 0.25) is 0 Å². The molecule has 2 unspecified atom stereocenters. The third kappa shape index (κ3) is 2.89. The summed E-state index contributed by atoms with van der Waals surface area (Å²) in [6, 6.07) is 17.4. The molecule has 0 saturated carbocycles. The molecular formula is C18H20ClN. The van der Waals surface area contributed by atoms with Crippen LogP contribution < -0.4 is 5.32 Å². The van der Waals surface area contributed by atoms with Crippen molar-refractivity contribution in [3.05, 3.63) is 70.2 Å². The fraction of sp³-hybridized carbons (Fsp3) is 0.333. The zero-order valence-electron chi connectivity index (χ0n) is 11.8. The van der Waals surface area contributed by atoms with E-state index in [1.54, 1.807) is 0 Å². The predicted molar refractivity (Wildman–Crippen MR) is 85.1 cm³/mol. The van der Waals surface area contributed by atoms with Gasteiger partial charge >= 0.3 is 0 Å². The summed E-state index contributed by atoms with van der Waals surface area (Å²) in [5.41, 5.74) is 4.26. The van der Waals surface area contributed by atoms with E-state index in [4.69, 9.17) is 11.6 Å². The average molecular weight is 286 g/mol. The van der Waals surface area contributed by atoms with Crippen LogP contribution in [-0.2, 0) is 6.54 Å². The molecule has 1 aliphatic rings. The highest BCUT2D eigenvalue weighted by Crippen LogP contribution is 2.37. The number of benzene rings is 2. The van der Waals surface area contributed by atoms with Crippen molar-refractivity contribution in [2.75, 3.05) is 0 Å². The molecule has 0 bridgehead atoms. The van der Waals surface area contributed by atoms with E-state index in [-0.39, 0.29) is 0 Å². The first-order valence-corrected chi connectivity index (χ1v) is 7.68. The maximum absolute atomic E-state index is 5.92. The minimum atomic E-state index is 0.470. The Kier molecular flexibility index (Phi) is 4.09. The lowest BCUT2D eigenvalue weighted by Crippen LogP contribution is -2.25. The van der Waals surface area contributed by atoms with Gasteiger partial charge < -0.3 is 5.32 Å². The summed E-state index contributed by atoms with van der Waals surface area (Å²) in [5.74, 6) is 0.680. The Morgan fingerprint density at radius 1 is 1.00 bits per heavy atom. The molecule has 0 radical (unpaired) electrons. The van der Waals surface area contributed by atoms with Gasteiger partial charge in [0.15, 0.2) is 0 Å². The molecule has 1 nitrogen and oxygen atoms in total. The normalized spacial score (nSPS) is 21.5. The third-order valence-corrected chi connectivity index (χ3v) is 4.51. The quantitative estimate of drug-likeness (QED) is 0.830. The molecule has 0 amide bonds. The number of rotatable bonds is 3. The molecule has 0 spiro atoms. The van der Waals surface area contributed by atoms with Crippen LogP contribution in [0.2, 0.25) is 5.02 Å². The van der Waals surface area contributed by atoms with Crippen molar-refractivity contribution in [3.63, 3.8) is 0 Å². The summed E-state index contributed by atoms with van der Waals surface area (Å²) in [6.45, 7) is 3.22. The van der Waals surface area contributed by atoms with E-state index in [0.717, 1.165) is 11.6 Å². The van der Waals surface area contributed by atoms with Crippen molar-refractivity contribution in [1.82, 2.24) is 5.32 Å². The van der Waals surface area contributed by atoms with Crippen molar-refractivity contribution in [2.45, 2.75) is 38.3 Å². The summed E-state index contributed by atoms with van der Waals surface area (Å²) in [6.07, 6.45) is 2.47. The van der Waals surface area contributed by atoms with Gasteiger partial charge in [0.05, 0.1) is 0 Å². The number of nitrogens with one attached hydrogen (secondary N) is 1. The third-order valence-electron chi connectivity index (χ3n) is 4.26. The van der Waals surface area contributed by atoms with E-state index in [0.29, 0.717) is 12.0 Å². The van der Waals surface area contributed by atoms with E-state index in [9.17, 15) is 0 Å². The molecule has 2 heteroatoms. The summed E-state index contributed by atoms with van der Waals surface area (Å²) < 4.78 is 0. The molecule has 1 N–H and O–H groups in total. The van der Waals surface area contributed by atoms with Crippen LogP contribution in [0.1, 0.15) is 48.4 Å². The molecular weight excluding hydrogens is 266 g/mol. The van der Waals surface area contributed by atoms with Gasteiger partial charge in [0.25, 0.3) is 0 Å². The minimum absolute atomic E-state index is 0.470. The van der Waals surface area contributed by atoms with Crippen LogP contribution >= 0.6 is 11.6 Å². The van der Waals surface area contributed by atoms with Gasteiger partial charge in [-0.15, -0.1) is 0 Å². The fourth-order valence-electron chi connectivity index (χ4n) is 3.06. The Balaban J connectivity index is 1.72. The van der Waals surface area contributed by atoms with Crippen molar-refractivity contribution in [1.29, 1.82) is 0 Å². The molecule has 0 saturated heterocycles. The minimum Gasteiger partial charge on any atom is -0.306 e. The predicted octanol–water partition coefficient (Wildman–Crippen LogP) is 5.07. The Hall–Kier alpha value is -1.31. The first-order chi connectivity index (χ1) is 9.74. The zero-order chi connectivity index (χ0) is 13.9. The molecule has 1 aliphatic carbocycles. The summed E-state index contributed by atoms with van der Waals surface area (Å²) in [7, 11) is 0. The molecule has 0 aliphatic heterocycles. The van der Waals surface area contributed by atoms with Crippen molar-refractivity contribution >= 4 is 11.6 Å². The summed E-state index contributed by atoms with van der Waals surface area (Å²) in [4.78, 5) is 0. The Bertz CT molecular complexity index is 576. The van der Waals surface area contributed by atoms with Gasteiger partial charge in [0.1, 0.15) is 0 Å². The van der Waals surface area contributed by atoms with Crippen LogP contribution in [0, 0.1) is 0 Å². The highest BCUT2D eigenvalue weighted by Gasteiger charge is 2.23. The summed E-state index contributed by atoms with van der Waals surface area (Å²) >= 11 is 5.92.